The molecule has 0 aliphatic carbocycles. The molecule has 0 atom stereocenters. The van der Waals surface area contributed by atoms with Gasteiger partial charge in [-0.05, 0) is 62.6 Å². The topological polar surface area (TPSA) is 69.7 Å². The molecule has 0 spiro atoms. The summed E-state index contributed by atoms with van der Waals surface area (Å²) in [4.78, 5) is 21.4. The van der Waals surface area contributed by atoms with Crippen LogP contribution >= 0.6 is 12.4 Å². The number of amides is 1. The van der Waals surface area contributed by atoms with E-state index in [0.717, 1.165) is 75.2 Å². The Balaban J connectivity index is 0.00000256. The fourth-order valence-corrected chi connectivity index (χ4v) is 3.90. The molecule has 2 aliphatic heterocycles. The predicted octanol–water partition coefficient (Wildman–Crippen LogP) is 2.36. The van der Waals surface area contributed by atoms with E-state index in [2.05, 4.69) is 32.5 Å². The third-order valence-electron chi connectivity index (χ3n) is 5.80. The monoisotopic (exact) mass is 433 g/mol. The maximum absolute atomic E-state index is 12.4. The summed E-state index contributed by atoms with van der Waals surface area (Å²) in [6.07, 6.45) is 4.62. The third kappa shape index (κ3) is 6.28. The second-order valence-corrected chi connectivity index (χ2v) is 8.09. The van der Waals surface area contributed by atoms with Crippen LogP contribution in [0, 0.1) is 0 Å². The number of carbonyl (C=O) groups excluding carboxylic acids is 1. The highest BCUT2D eigenvalue weighted by Crippen LogP contribution is 2.24. The molecule has 8 heteroatoms. The number of nitrogens with one attached hydrogen (secondary N) is 2. The average Bonchev–Trinajstić information content (AvgIpc) is 2.74. The summed E-state index contributed by atoms with van der Waals surface area (Å²) in [5.41, 5.74) is 0. The highest BCUT2D eigenvalue weighted by atomic mass is 35.5. The largest absolute Gasteiger partial charge is 0.490 e. The number of hydrogen-bond acceptors (Lipinski definition) is 6. The summed E-state index contributed by atoms with van der Waals surface area (Å²) in [5.74, 6) is 1.49. The number of carbonyl (C=O) groups is 1. The number of anilines is 1. The summed E-state index contributed by atoms with van der Waals surface area (Å²) < 4.78 is 6.14. The number of likely N-dealkylation sites (N-methyl/N-ethyl adjacent to an activating group) is 1. The van der Waals surface area contributed by atoms with Crippen molar-refractivity contribution in [2.24, 2.45) is 0 Å². The van der Waals surface area contributed by atoms with E-state index in [-0.39, 0.29) is 24.4 Å². The molecule has 164 valence electrons. The Morgan fingerprint density at radius 1 is 1.17 bits per heavy atom. The minimum absolute atomic E-state index is 0. The Labute approximate surface area is 184 Å². The summed E-state index contributed by atoms with van der Waals surface area (Å²) in [7, 11) is 2.14. The number of halogens is 1. The molecule has 30 heavy (non-hydrogen) atoms. The Hall–Kier alpha value is -1.93. The first-order chi connectivity index (χ1) is 14.2. The van der Waals surface area contributed by atoms with Gasteiger partial charge in [0, 0.05) is 50.7 Å². The van der Waals surface area contributed by atoms with Gasteiger partial charge in [0.1, 0.15) is 17.7 Å². The standard InChI is InChI=1S/C22H31N5O2.ClH/c1-26-10-12-27(13-11-26)9-6-22(28)25-21-15-18-14-20(3-2-17(18)16-24-21)29-19-4-7-23-8-5-19;/h2-3,14-16,19,23H,4-13H2,1H3,(H,24,25,28);1H. The molecule has 2 aromatic rings. The van der Waals surface area contributed by atoms with Crippen molar-refractivity contribution in [2.75, 3.05) is 58.2 Å². The van der Waals surface area contributed by atoms with Gasteiger partial charge < -0.3 is 25.2 Å². The molecular formula is C22H32ClN5O2. The average molecular weight is 434 g/mol. The van der Waals surface area contributed by atoms with Crippen LogP contribution in [-0.2, 0) is 4.79 Å². The van der Waals surface area contributed by atoms with E-state index < -0.39 is 0 Å². The van der Waals surface area contributed by atoms with Gasteiger partial charge in [-0.25, -0.2) is 4.98 Å². The SMILES string of the molecule is CN1CCN(CCC(=O)Nc2cc3cc(OC4CCNCC4)ccc3cn2)CC1.Cl. The molecule has 7 nitrogen and oxygen atoms in total. The molecule has 3 heterocycles. The number of piperazine rings is 1. The molecule has 0 saturated carbocycles. The third-order valence-corrected chi connectivity index (χ3v) is 5.80. The van der Waals surface area contributed by atoms with Gasteiger partial charge in [-0.3, -0.25) is 4.79 Å². The Bertz CT molecular complexity index is 835. The summed E-state index contributed by atoms with van der Waals surface area (Å²) in [6.45, 7) is 6.99. The quantitative estimate of drug-likeness (QED) is 0.728. The van der Waals surface area contributed by atoms with Crippen molar-refractivity contribution in [1.82, 2.24) is 20.1 Å². The zero-order valence-corrected chi connectivity index (χ0v) is 18.4. The smallest absolute Gasteiger partial charge is 0.226 e. The van der Waals surface area contributed by atoms with Gasteiger partial charge in [-0.2, -0.15) is 0 Å². The number of hydrogen-bond donors (Lipinski definition) is 2. The molecule has 1 aromatic heterocycles. The zero-order chi connectivity index (χ0) is 20.1. The Morgan fingerprint density at radius 2 is 1.93 bits per heavy atom. The van der Waals surface area contributed by atoms with Crippen molar-refractivity contribution in [3.8, 4) is 5.75 Å². The van der Waals surface area contributed by atoms with Gasteiger partial charge >= 0.3 is 0 Å². The lowest BCUT2D eigenvalue weighted by atomic mass is 10.1. The molecule has 1 amide bonds. The second kappa shape index (κ2) is 10.9. The first-order valence-electron chi connectivity index (χ1n) is 10.6. The van der Waals surface area contributed by atoms with Crippen LogP contribution < -0.4 is 15.4 Å². The van der Waals surface area contributed by atoms with Crippen molar-refractivity contribution < 1.29 is 9.53 Å². The first kappa shape index (κ1) is 22.7. The fourth-order valence-electron chi connectivity index (χ4n) is 3.90. The van der Waals surface area contributed by atoms with Gasteiger partial charge in [0.05, 0.1) is 0 Å². The maximum atomic E-state index is 12.4. The summed E-state index contributed by atoms with van der Waals surface area (Å²) in [6, 6.07) is 8.00. The Morgan fingerprint density at radius 3 is 2.70 bits per heavy atom. The molecule has 2 fully saturated rings. The van der Waals surface area contributed by atoms with Crippen LogP contribution in [0.2, 0.25) is 0 Å². The van der Waals surface area contributed by atoms with E-state index in [1.807, 2.05) is 24.3 Å². The lowest BCUT2D eigenvalue weighted by Gasteiger charge is -2.32. The zero-order valence-electron chi connectivity index (χ0n) is 17.6. The predicted molar refractivity (Wildman–Crippen MR) is 123 cm³/mol. The van der Waals surface area contributed by atoms with Gasteiger partial charge in [0.2, 0.25) is 5.91 Å². The van der Waals surface area contributed by atoms with Crippen LogP contribution in [0.25, 0.3) is 10.8 Å². The number of rotatable bonds is 6. The van der Waals surface area contributed by atoms with Crippen LogP contribution in [0.3, 0.4) is 0 Å². The number of fused-ring (bicyclic) bond motifs is 1. The number of benzene rings is 1. The summed E-state index contributed by atoms with van der Waals surface area (Å²) >= 11 is 0. The molecular weight excluding hydrogens is 402 g/mol. The second-order valence-electron chi connectivity index (χ2n) is 8.09. The van der Waals surface area contributed by atoms with Crippen molar-refractivity contribution in [3.05, 3.63) is 30.5 Å². The van der Waals surface area contributed by atoms with E-state index in [1.165, 1.54) is 0 Å². The molecule has 2 N–H and O–H groups in total. The minimum Gasteiger partial charge on any atom is -0.490 e. The van der Waals surface area contributed by atoms with Gasteiger partial charge in [-0.15, -0.1) is 12.4 Å². The highest BCUT2D eigenvalue weighted by Gasteiger charge is 2.16. The van der Waals surface area contributed by atoms with Crippen LogP contribution in [0.1, 0.15) is 19.3 Å². The molecule has 1 aromatic carbocycles. The minimum atomic E-state index is 0. The number of nitrogens with zero attached hydrogens (tertiary/aromatic N) is 3. The highest BCUT2D eigenvalue weighted by molar-refractivity contribution is 5.93. The molecule has 4 rings (SSSR count). The van der Waals surface area contributed by atoms with Crippen molar-refractivity contribution in [3.63, 3.8) is 0 Å². The fraction of sp³-hybridized carbons (Fsp3) is 0.545. The van der Waals surface area contributed by atoms with Crippen molar-refractivity contribution in [1.29, 1.82) is 0 Å². The maximum Gasteiger partial charge on any atom is 0.226 e. The molecule has 2 aliphatic rings. The number of ether oxygens (including phenoxy) is 1. The molecule has 2 saturated heterocycles. The first-order valence-corrected chi connectivity index (χ1v) is 10.6. The van der Waals surface area contributed by atoms with Crippen LogP contribution in [0.4, 0.5) is 5.82 Å². The Kier molecular flexibility index (Phi) is 8.27. The van der Waals surface area contributed by atoms with Crippen LogP contribution in [-0.4, -0.2) is 79.7 Å². The van der Waals surface area contributed by atoms with E-state index in [9.17, 15) is 4.79 Å². The van der Waals surface area contributed by atoms with E-state index in [0.29, 0.717) is 12.2 Å². The summed E-state index contributed by atoms with van der Waals surface area (Å²) in [5, 5.41) is 8.37. The van der Waals surface area contributed by atoms with E-state index in [4.69, 9.17) is 4.74 Å². The van der Waals surface area contributed by atoms with Gasteiger partial charge in [-0.1, -0.05) is 0 Å². The molecule has 0 unspecified atom stereocenters. The lowest BCUT2D eigenvalue weighted by Crippen LogP contribution is -2.45. The number of pyridine rings is 1. The molecule has 0 bridgehead atoms. The van der Waals surface area contributed by atoms with Crippen molar-refractivity contribution >= 4 is 34.9 Å². The molecule has 0 radical (unpaired) electrons. The number of piperidine rings is 1. The normalized spacial score (nSPS) is 18.7. The van der Waals surface area contributed by atoms with Crippen LogP contribution in [0.5, 0.6) is 5.75 Å². The van der Waals surface area contributed by atoms with E-state index in [1.54, 1.807) is 6.20 Å². The van der Waals surface area contributed by atoms with Crippen molar-refractivity contribution in [2.45, 2.75) is 25.4 Å². The van der Waals surface area contributed by atoms with Gasteiger partial charge in [0.15, 0.2) is 0 Å². The van der Waals surface area contributed by atoms with E-state index >= 15 is 0 Å². The van der Waals surface area contributed by atoms with Crippen LogP contribution in [0.15, 0.2) is 30.5 Å². The van der Waals surface area contributed by atoms with Gasteiger partial charge in [0.25, 0.3) is 0 Å². The number of aromatic nitrogens is 1. The lowest BCUT2D eigenvalue weighted by molar-refractivity contribution is -0.116.